The zero-order valence-corrected chi connectivity index (χ0v) is 15.0. The molecule has 0 bridgehead atoms. The number of pyridine rings is 1. The van der Waals surface area contributed by atoms with Gasteiger partial charge in [-0.3, -0.25) is 9.78 Å². The van der Waals surface area contributed by atoms with Gasteiger partial charge in [-0.2, -0.15) is 0 Å². The molecule has 1 aliphatic carbocycles. The average Bonchev–Trinajstić information content (AvgIpc) is 3.01. The van der Waals surface area contributed by atoms with E-state index in [-0.39, 0.29) is 11.2 Å². The third-order valence-corrected chi connectivity index (χ3v) is 6.22. The minimum Gasteiger partial charge on any atom is -0.342 e. The minimum absolute atomic E-state index is 0.0197. The number of aromatic nitrogens is 2. The molecule has 0 fully saturated rings. The Balaban J connectivity index is 2.03. The lowest BCUT2D eigenvalue weighted by atomic mass is 9.62. The molecule has 0 saturated heterocycles. The van der Waals surface area contributed by atoms with Crippen LogP contribution in [0.15, 0.2) is 41.3 Å². The van der Waals surface area contributed by atoms with Gasteiger partial charge in [-0.1, -0.05) is 20.8 Å². The number of thiazole rings is 1. The molecule has 24 heavy (non-hydrogen) atoms. The Bertz CT molecular complexity index is 837. The van der Waals surface area contributed by atoms with Crippen molar-refractivity contribution in [3.63, 3.8) is 0 Å². The molecule has 124 valence electrons. The molecule has 0 aromatic carbocycles. The number of fused-ring (bicyclic) bond motifs is 1. The quantitative estimate of drug-likeness (QED) is 0.886. The van der Waals surface area contributed by atoms with Crippen LogP contribution in [0.25, 0.3) is 0 Å². The van der Waals surface area contributed by atoms with Crippen molar-refractivity contribution in [2.75, 3.05) is 5.32 Å². The molecule has 5 heteroatoms. The highest BCUT2D eigenvalue weighted by molar-refractivity contribution is 7.10. The number of nitrogens with one attached hydrogen (secondary N) is 1. The van der Waals surface area contributed by atoms with E-state index in [1.54, 1.807) is 11.3 Å². The van der Waals surface area contributed by atoms with E-state index in [1.807, 2.05) is 30.0 Å². The molecule has 0 radical (unpaired) electrons. The number of hydrogen-bond donors (Lipinski definition) is 1. The van der Waals surface area contributed by atoms with Crippen molar-refractivity contribution in [1.82, 2.24) is 9.97 Å². The second-order valence-corrected chi connectivity index (χ2v) is 8.30. The van der Waals surface area contributed by atoms with Gasteiger partial charge in [0.05, 0.1) is 15.8 Å². The first-order chi connectivity index (χ1) is 11.5. The van der Waals surface area contributed by atoms with Crippen LogP contribution in [0.4, 0.5) is 5.82 Å². The Labute approximate surface area is 146 Å². The second kappa shape index (κ2) is 5.24. The maximum absolute atomic E-state index is 13.2. The van der Waals surface area contributed by atoms with Crippen LogP contribution in [0.1, 0.15) is 50.5 Å². The number of carbonyl (C=O) groups excluding carboxylic acids is 1. The Morgan fingerprint density at radius 2 is 2.00 bits per heavy atom. The van der Waals surface area contributed by atoms with Gasteiger partial charge in [-0.25, -0.2) is 4.98 Å². The molecule has 2 aliphatic rings. The maximum atomic E-state index is 13.2. The molecular weight excluding hydrogens is 318 g/mol. The van der Waals surface area contributed by atoms with E-state index in [1.165, 1.54) is 0 Å². The second-order valence-electron chi connectivity index (χ2n) is 7.44. The smallest absolute Gasteiger partial charge is 0.162 e. The third kappa shape index (κ3) is 2.07. The Morgan fingerprint density at radius 3 is 2.71 bits per heavy atom. The van der Waals surface area contributed by atoms with E-state index in [9.17, 15) is 4.79 Å². The number of ketones is 1. The molecule has 0 spiro atoms. The van der Waals surface area contributed by atoms with Crippen molar-refractivity contribution >= 4 is 22.9 Å². The fourth-order valence-corrected chi connectivity index (χ4v) is 5.32. The van der Waals surface area contributed by atoms with Crippen LogP contribution in [0.5, 0.6) is 0 Å². The average molecular weight is 339 g/mol. The zero-order chi connectivity index (χ0) is 16.9. The Morgan fingerprint density at radius 1 is 1.25 bits per heavy atom. The van der Waals surface area contributed by atoms with Crippen LogP contribution >= 0.6 is 11.3 Å². The van der Waals surface area contributed by atoms with E-state index in [0.29, 0.717) is 6.42 Å². The fraction of sp³-hybridized carbons (Fsp3) is 0.421. The van der Waals surface area contributed by atoms with Crippen LogP contribution in [0, 0.1) is 5.41 Å². The number of hydrogen-bond acceptors (Lipinski definition) is 5. The summed E-state index contributed by atoms with van der Waals surface area (Å²) in [6.45, 7) is 6.48. The summed E-state index contributed by atoms with van der Waals surface area (Å²) in [7, 11) is 0. The molecule has 2 aromatic heterocycles. The molecule has 4 nitrogen and oxygen atoms in total. The summed E-state index contributed by atoms with van der Waals surface area (Å²) in [5.74, 6) is 1.16. The van der Waals surface area contributed by atoms with Gasteiger partial charge in [-0.05, 0) is 36.0 Å². The van der Waals surface area contributed by atoms with Crippen molar-refractivity contribution in [2.24, 2.45) is 5.41 Å². The minimum atomic E-state index is -0.409. The molecule has 2 aromatic rings. The highest BCUT2D eigenvalue weighted by Gasteiger charge is 2.50. The monoisotopic (exact) mass is 339 g/mol. The molecule has 1 aliphatic heterocycles. The summed E-state index contributed by atoms with van der Waals surface area (Å²) < 4.78 is 0. The first kappa shape index (κ1) is 15.5. The normalized spacial score (nSPS) is 25.0. The molecule has 1 N–H and O–H groups in total. The third-order valence-electron chi connectivity index (χ3n) is 5.23. The van der Waals surface area contributed by atoms with E-state index >= 15 is 0 Å². The molecular formula is C19H21N3OS. The lowest BCUT2D eigenvalue weighted by molar-refractivity contribution is -0.118. The summed E-state index contributed by atoms with van der Waals surface area (Å²) in [4.78, 5) is 23.0. The molecule has 3 heterocycles. The van der Waals surface area contributed by atoms with Crippen LogP contribution in [-0.4, -0.2) is 15.8 Å². The van der Waals surface area contributed by atoms with Gasteiger partial charge >= 0.3 is 0 Å². The predicted molar refractivity (Wildman–Crippen MR) is 96.1 cm³/mol. The van der Waals surface area contributed by atoms with Crippen LogP contribution in [-0.2, 0) is 10.2 Å². The van der Waals surface area contributed by atoms with Gasteiger partial charge in [-0.15, -0.1) is 11.3 Å². The molecule has 1 unspecified atom stereocenters. The van der Waals surface area contributed by atoms with Gasteiger partial charge in [0.2, 0.25) is 0 Å². The summed E-state index contributed by atoms with van der Waals surface area (Å²) >= 11 is 1.63. The summed E-state index contributed by atoms with van der Waals surface area (Å²) in [5.41, 5.74) is 4.56. The summed E-state index contributed by atoms with van der Waals surface area (Å²) in [5, 5.41) is 3.47. The van der Waals surface area contributed by atoms with Gasteiger partial charge < -0.3 is 5.32 Å². The van der Waals surface area contributed by atoms with Gasteiger partial charge in [0.25, 0.3) is 0 Å². The number of allylic oxidation sites excluding steroid dienone is 2. The van der Waals surface area contributed by atoms with E-state index in [0.717, 1.165) is 40.4 Å². The molecule has 4 rings (SSSR count). The van der Waals surface area contributed by atoms with Crippen molar-refractivity contribution in [1.29, 1.82) is 0 Å². The molecule has 1 atom stereocenters. The largest absolute Gasteiger partial charge is 0.342 e. The van der Waals surface area contributed by atoms with Crippen molar-refractivity contribution in [2.45, 2.75) is 45.4 Å². The number of anilines is 1. The number of nitrogens with zero attached hydrogens (tertiary/aromatic N) is 2. The number of carbonyl (C=O) groups is 1. The molecule has 0 amide bonds. The van der Waals surface area contributed by atoms with Crippen molar-refractivity contribution in [3.8, 4) is 0 Å². The number of Topliss-reactive ketones (excluding diaryl/α,β-unsaturated/α-hetero) is 1. The highest BCUT2D eigenvalue weighted by atomic mass is 32.1. The first-order valence-electron chi connectivity index (χ1n) is 8.36. The van der Waals surface area contributed by atoms with Crippen molar-refractivity contribution < 1.29 is 4.79 Å². The van der Waals surface area contributed by atoms with Gasteiger partial charge in [0.1, 0.15) is 5.82 Å². The van der Waals surface area contributed by atoms with Crippen LogP contribution < -0.4 is 5.32 Å². The lowest BCUT2D eigenvalue weighted by Gasteiger charge is -2.44. The SMILES string of the molecule is CCC1(c2ccncc2)C2=C(CC(C)(C)CC2=O)Nc2ncsc21. The Kier molecular flexibility index (Phi) is 3.39. The topological polar surface area (TPSA) is 54.9 Å². The standard InChI is InChI=1S/C19H21N3OS/c1-4-19(12-5-7-20-8-6-12)15-13(9-18(2,3)10-14(15)23)22-17-16(19)24-11-21-17/h5-8,11,22H,4,9-10H2,1-3H3. The Hall–Kier alpha value is -2.01. The summed E-state index contributed by atoms with van der Waals surface area (Å²) in [6, 6.07) is 4.08. The fourth-order valence-electron chi connectivity index (χ4n) is 4.27. The van der Waals surface area contributed by atoms with E-state index < -0.39 is 5.41 Å². The van der Waals surface area contributed by atoms with Gasteiger partial charge in [0.15, 0.2) is 5.78 Å². The zero-order valence-electron chi connectivity index (χ0n) is 14.2. The van der Waals surface area contributed by atoms with E-state index in [2.05, 4.69) is 36.1 Å². The van der Waals surface area contributed by atoms with Gasteiger partial charge in [0, 0.05) is 30.1 Å². The first-order valence-corrected chi connectivity index (χ1v) is 9.24. The maximum Gasteiger partial charge on any atom is 0.162 e. The molecule has 0 saturated carbocycles. The number of rotatable bonds is 2. The lowest BCUT2D eigenvalue weighted by Crippen LogP contribution is -2.42. The summed E-state index contributed by atoms with van der Waals surface area (Å²) in [6.07, 6.45) is 5.92. The highest BCUT2D eigenvalue weighted by Crippen LogP contribution is 2.54. The predicted octanol–water partition coefficient (Wildman–Crippen LogP) is 4.30. The van der Waals surface area contributed by atoms with E-state index in [4.69, 9.17) is 0 Å². The van der Waals surface area contributed by atoms with Crippen LogP contribution in [0.2, 0.25) is 0 Å². The van der Waals surface area contributed by atoms with Crippen LogP contribution in [0.3, 0.4) is 0 Å². The van der Waals surface area contributed by atoms with Crippen molar-refractivity contribution in [3.05, 3.63) is 51.7 Å².